The van der Waals surface area contributed by atoms with Gasteiger partial charge in [0, 0.05) is 45.8 Å². The minimum absolute atomic E-state index is 0.0436. The van der Waals surface area contributed by atoms with E-state index in [1.54, 1.807) is 24.5 Å². The predicted octanol–water partition coefficient (Wildman–Crippen LogP) is 2.25. The van der Waals surface area contributed by atoms with Crippen molar-refractivity contribution in [2.75, 3.05) is 89.1 Å². The molecule has 242 valence electrons. The molecule has 3 aromatic rings. The van der Waals surface area contributed by atoms with Gasteiger partial charge in [-0.3, -0.25) is 14.5 Å². The molecule has 5 rings (SSSR count). The number of nitrogens with one attached hydrogen (secondary N) is 2. The molecular weight excluding hydrogens is 613 g/mol. The van der Waals surface area contributed by atoms with Gasteiger partial charge in [-0.1, -0.05) is 5.21 Å². The summed E-state index contributed by atoms with van der Waals surface area (Å²) in [5.74, 6) is -1.43. The van der Waals surface area contributed by atoms with E-state index in [9.17, 15) is 22.8 Å². The number of halogens is 3. The Morgan fingerprint density at radius 1 is 1.00 bits per heavy atom. The van der Waals surface area contributed by atoms with Gasteiger partial charge in [0.1, 0.15) is 5.03 Å². The molecule has 0 radical (unpaired) electrons. The van der Waals surface area contributed by atoms with Crippen LogP contribution >= 0.6 is 11.8 Å². The summed E-state index contributed by atoms with van der Waals surface area (Å²) >= 11 is 0.993. The third kappa shape index (κ3) is 8.27. The summed E-state index contributed by atoms with van der Waals surface area (Å²) in [6.07, 6.45) is -1.00. The average Bonchev–Trinajstić information content (AvgIpc) is 3.54. The molecule has 13 nitrogen and oxygen atoms in total. The second kappa shape index (κ2) is 14.5. The van der Waals surface area contributed by atoms with Gasteiger partial charge >= 0.3 is 6.18 Å². The largest absolute Gasteiger partial charge is 0.418 e. The molecule has 2 aromatic heterocycles. The normalized spacial score (nSPS) is 16.5. The van der Waals surface area contributed by atoms with E-state index in [0.29, 0.717) is 44.2 Å². The number of anilines is 2. The maximum Gasteiger partial charge on any atom is 0.418 e. The number of morpholine rings is 1. The Kier molecular flexibility index (Phi) is 10.5. The Bertz CT molecular complexity index is 1490. The Labute approximate surface area is 262 Å². The van der Waals surface area contributed by atoms with E-state index in [1.165, 1.54) is 10.9 Å². The summed E-state index contributed by atoms with van der Waals surface area (Å²) in [5, 5.41) is 21.0. The fourth-order valence-corrected chi connectivity index (χ4v) is 5.40. The van der Waals surface area contributed by atoms with Crippen LogP contribution in [0.5, 0.6) is 0 Å². The van der Waals surface area contributed by atoms with Crippen LogP contribution in [0.2, 0.25) is 0 Å². The van der Waals surface area contributed by atoms with E-state index in [-0.39, 0.29) is 22.3 Å². The Hall–Kier alpha value is -3.80. The van der Waals surface area contributed by atoms with Gasteiger partial charge in [0.25, 0.3) is 11.8 Å². The molecule has 0 aliphatic carbocycles. The molecule has 2 aliphatic heterocycles. The molecular formula is C28H35F3N10O3S. The first-order chi connectivity index (χ1) is 21.6. The number of carbonyl (C=O) groups excluding carboxylic acids is 2. The van der Waals surface area contributed by atoms with E-state index < -0.39 is 23.3 Å². The van der Waals surface area contributed by atoms with Crippen LogP contribution in [0, 0.1) is 0 Å². The number of carbonyl (C=O) groups is 2. The lowest BCUT2D eigenvalue weighted by molar-refractivity contribution is -0.138. The second-order valence-electron chi connectivity index (χ2n) is 10.7. The van der Waals surface area contributed by atoms with Crippen LogP contribution in [-0.4, -0.2) is 126 Å². The number of nitrogens with zero attached hydrogens (tertiary/aromatic N) is 8. The Balaban J connectivity index is 1.34. The highest BCUT2D eigenvalue weighted by Gasteiger charge is 2.37. The molecule has 2 aliphatic rings. The number of amides is 2. The number of piperazine rings is 1. The van der Waals surface area contributed by atoms with Gasteiger partial charge in [0.15, 0.2) is 11.4 Å². The van der Waals surface area contributed by atoms with Crippen molar-refractivity contribution in [3.05, 3.63) is 47.4 Å². The van der Waals surface area contributed by atoms with Gasteiger partial charge in [0.2, 0.25) is 0 Å². The predicted molar refractivity (Wildman–Crippen MR) is 162 cm³/mol. The maximum atomic E-state index is 13.9. The van der Waals surface area contributed by atoms with E-state index in [0.717, 1.165) is 57.0 Å². The minimum Gasteiger partial charge on any atom is -0.379 e. The van der Waals surface area contributed by atoms with Gasteiger partial charge in [-0.2, -0.15) is 13.2 Å². The topological polar surface area (TPSA) is 134 Å². The Morgan fingerprint density at radius 2 is 1.76 bits per heavy atom. The summed E-state index contributed by atoms with van der Waals surface area (Å²) in [6, 6.07) is 5.91. The maximum absolute atomic E-state index is 13.9. The second-order valence-corrected chi connectivity index (χ2v) is 11.5. The highest BCUT2D eigenvalue weighted by Crippen LogP contribution is 2.34. The van der Waals surface area contributed by atoms with Crippen molar-refractivity contribution in [2.45, 2.75) is 17.6 Å². The molecule has 2 N–H and O–H groups in total. The highest BCUT2D eigenvalue weighted by molar-refractivity contribution is 7.98. The summed E-state index contributed by atoms with van der Waals surface area (Å²) in [6.45, 7) is 7.32. The standard InChI is InChI=1S/C28H35F3N10O3S/c1-38-8-10-40(11-9-38)23-5-4-19(16-21(23)33-27(43)25-20(28(29,30)31)17-24(45-2)35-36-25)41-18-22(34-37-41)26(42)32-6-3-7-39-12-14-44-15-13-39/h4-5,16-18H,3,6-15H2,1-2H3,(H,32,42)(H,33,43). The first kappa shape index (κ1) is 32.6. The fraction of sp³-hybridized carbons (Fsp3) is 0.500. The zero-order valence-corrected chi connectivity index (χ0v) is 25.8. The molecule has 4 heterocycles. The molecule has 45 heavy (non-hydrogen) atoms. The summed E-state index contributed by atoms with van der Waals surface area (Å²) in [7, 11) is 2.00. The highest BCUT2D eigenvalue weighted by atomic mass is 32.2. The van der Waals surface area contributed by atoms with Gasteiger partial charge in [-0.05, 0) is 50.5 Å². The van der Waals surface area contributed by atoms with Crippen molar-refractivity contribution >= 4 is 35.0 Å². The molecule has 0 spiro atoms. The van der Waals surface area contributed by atoms with Crippen molar-refractivity contribution in [2.24, 2.45) is 0 Å². The van der Waals surface area contributed by atoms with Crippen LogP contribution < -0.4 is 15.5 Å². The third-order valence-electron chi connectivity index (χ3n) is 7.60. The first-order valence-corrected chi connectivity index (χ1v) is 15.7. The van der Waals surface area contributed by atoms with Gasteiger partial charge < -0.3 is 25.2 Å². The lowest BCUT2D eigenvalue weighted by Gasteiger charge is -2.35. The van der Waals surface area contributed by atoms with Gasteiger partial charge in [-0.25, -0.2) is 4.68 Å². The quantitative estimate of drug-likeness (QED) is 0.248. The van der Waals surface area contributed by atoms with E-state index in [4.69, 9.17) is 4.74 Å². The summed E-state index contributed by atoms with van der Waals surface area (Å²) in [4.78, 5) is 32.5. The number of thioether (sulfide) groups is 1. The zero-order chi connectivity index (χ0) is 32.0. The molecule has 2 amide bonds. The lowest BCUT2D eigenvalue weighted by Crippen LogP contribution is -2.44. The molecule has 2 saturated heterocycles. The van der Waals surface area contributed by atoms with E-state index in [2.05, 4.69) is 40.9 Å². The number of aromatic nitrogens is 5. The molecule has 17 heteroatoms. The van der Waals surface area contributed by atoms with E-state index >= 15 is 0 Å². The number of ether oxygens (including phenoxy) is 1. The van der Waals surface area contributed by atoms with E-state index in [1.807, 2.05) is 11.9 Å². The Morgan fingerprint density at radius 3 is 2.47 bits per heavy atom. The van der Waals surface area contributed by atoms with Crippen LogP contribution in [-0.2, 0) is 10.9 Å². The zero-order valence-electron chi connectivity index (χ0n) is 25.0. The fourth-order valence-electron chi connectivity index (χ4n) is 5.04. The lowest BCUT2D eigenvalue weighted by atomic mass is 10.1. The van der Waals surface area contributed by atoms with Crippen LogP contribution in [0.4, 0.5) is 24.5 Å². The van der Waals surface area contributed by atoms with Crippen LogP contribution in [0.1, 0.15) is 33.0 Å². The van der Waals surface area contributed by atoms with Crippen LogP contribution in [0.3, 0.4) is 0 Å². The molecule has 1 aromatic carbocycles. The smallest absolute Gasteiger partial charge is 0.379 e. The first-order valence-electron chi connectivity index (χ1n) is 14.5. The molecule has 0 bridgehead atoms. The van der Waals surface area contributed by atoms with Crippen LogP contribution in [0.15, 0.2) is 35.5 Å². The van der Waals surface area contributed by atoms with Crippen molar-refractivity contribution in [1.82, 2.24) is 40.3 Å². The van der Waals surface area contributed by atoms with Gasteiger partial charge in [0.05, 0.1) is 42.0 Å². The summed E-state index contributed by atoms with van der Waals surface area (Å²) < 4.78 is 48.4. The number of rotatable bonds is 10. The van der Waals surface area contributed by atoms with Crippen molar-refractivity contribution in [3.8, 4) is 5.69 Å². The molecule has 0 unspecified atom stereocenters. The number of hydrogen-bond donors (Lipinski definition) is 2. The average molecular weight is 649 g/mol. The number of likely N-dealkylation sites (N-methyl/N-ethyl adjacent to an activating group) is 1. The number of benzene rings is 1. The number of hydrogen-bond acceptors (Lipinski definition) is 11. The summed E-state index contributed by atoms with van der Waals surface area (Å²) in [5.41, 5.74) is -0.566. The molecule has 0 atom stereocenters. The molecule has 2 fully saturated rings. The van der Waals surface area contributed by atoms with Crippen molar-refractivity contribution in [3.63, 3.8) is 0 Å². The third-order valence-corrected chi connectivity index (χ3v) is 8.22. The SMILES string of the molecule is CSc1cc(C(F)(F)F)c(C(=O)Nc2cc(-n3cc(C(=O)NCCCN4CCOCC4)nn3)ccc2N2CCN(C)CC2)nn1. The van der Waals surface area contributed by atoms with Crippen LogP contribution in [0.25, 0.3) is 5.69 Å². The monoisotopic (exact) mass is 648 g/mol. The number of alkyl halides is 3. The minimum atomic E-state index is -4.81. The molecule has 0 saturated carbocycles. The van der Waals surface area contributed by atoms with Crippen molar-refractivity contribution in [1.29, 1.82) is 0 Å². The van der Waals surface area contributed by atoms with Gasteiger partial charge in [-0.15, -0.1) is 27.1 Å². The van der Waals surface area contributed by atoms with Crippen molar-refractivity contribution < 1.29 is 27.5 Å².